The van der Waals surface area contributed by atoms with Gasteiger partial charge in [-0.25, -0.2) is 13.7 Å². The Morgan fingerprint density at radius 1 is 0.774 bits per heavy atom. The van der Waals surface area contributed by atoms with Crippen molar-refractivity contribution in [2.24, 2.45) is 11.8 Å². The molecule has 5 unspecified atom stereocenters. The molecule has 31 heavy (non-hydrogen) atoms. The van der Waals surface area contributed by atoms with Crippen LogP contribution < -0.4 is 10.8 Å². The third-order valence-electron chi connectivity index (χ3n) is 3.75. The summed E-state index contributed by atoms with van der Waals surface area (Å²) in [6.45, 7) is 0.905. The van der Waals surface area contributed by atoms with Crippen molar-refractivity contribution in [2.45, 2.75) is 38.8 Å². The van der Waals surface area contributed by atoms with E-state index in [1.54, 1.807) is 6.92 Å². The van der Waals surface area contributed by atoms with E-state index in [1.165, 1.54) is 12.5 Å². The van der Waals surface area contributed by atoms with Gasteiger partial charge in [-0.2, -0.15) is 5.54 Å². The fraction of sp³-hybridized carbons (Fsp3) is 1.00. The molecule has 0 aliphatic rings. The van der Waals surface area contributed by atoms with Gasteiger partial charge in [-0.1, -0.05) is 6.92 Å². The van der Waals surface area contributed by atoms with E-state index in [0.717, 1.165) is 0 Å². The van der Waals surface area contributed by atoms with E-state index in [0.29, 0.717) is 0 Å². The Kier molecular flexibility index (Phi) is 14.6. The Bertz CT molecular complexity index is 602. The molecule has 0 saturated carbocycles. The van der Waals surface area contributed by atoms with Gasteiger partial charge in [0.15, 0.2) is 7.98 Å². The van der Waals surface area contributed by atoms with Gasteiger partial charge in [-0.3, -0.25) is 18.1 Å². The average molecular weight is 516 g/mol. The number of nitrogens with one attached hydrogen (secondary N) is 2. The van der Waals surface area contributed by atoms with Crippen LogP contribution in [0.1, 0.15) is 26.7 Å². The van der Waals surface area contributed by atoms with E-state index >= 15 is 0 Å². The molecule has 0 aliphatic carbocycles. The summed E-state index contributed by atoms with van der Waals surface area (Å²) in [5, 5.41) is 2.40. The van der Waals surface area contributed by atoms with Crippen LogP contribution in [0.25, 0.3) is 0 Å². The van der Waals surface area contributed by atoms with Crippen LogP contribution in [-0.2, 0) is 31.8 Å². The van der Waals surface area contributed by atoms with Crippen molar-refractivity contribution in [1.29, 1.82) is 0 Å². The number of phosphoric ester groups is 3. The topological polar surface area (TPSA) is 213 Å². The lowest BCUT2D eigenvalue weighted by Crippen LogP contribution is -2.29. The second-order valence-corrected chi connectivity index (χ2v) is 10.8. The van der Waals surface area contributed by atoms with Crippen molar-refractivity contribution in [3.8, 4) is 0 Å². The summed E-state index contributed by atoms with van der Waals surface area (Å²) >= 11 is 0. The zero-order chi connectivity index (χ0) is 24.3. The molecule has 0 saturated heterocycles. The fourth-order valence-corrected chi connectivity index (χ4v) is 4.01. The standard InChI is InChI=1S/C12H29BFN2O12P3/c1-9(15-13)3-11(5-25-29(17,18)19)7-27-31(23,24)28-8-12(4-10(2)16-14)6-26-30(20,21)22/h9-12,15-16H,3-8H2,1-2H3,(H,23,24)(H2,17,18,19)(H2,20,21,22). The zero-order valence-corrected chi connectivity index (χ0v) is 19.6. The summed E-state index contributed by atoms with van der Waals surface area (Å²) in [5.74, 6) is -1.64. The first-order valence-corrected chi connectivity index (χ1v) is 13.5. The first-order valence-electron chi connectivity index (χ1n) is 8.91. The summed E-state index contributed by atoms with van der Waals surface area (Å²) in [5.41, 5.74) is 1.42. The van der Waals surface area contributed by atoms with Gasteiger partial charge >= 0.3 is 23.5 Å². The van der Waals surface area contributed by atoms with Gasteiger partial charge in [0.1, 0.15) is 0 Å². The predicted octanol–water partition coefficient (Wildman–Crippen LogP) is 0.275. The van der Waals surface area contributed by atoms with E-state index in [1.807, 2.05) is 0 Å². The minimum Gasteiger partial charge on any atom is -0.364 e. The molecule has 0 fully saturated rings. The van der Waals surface area contributed by atoms with Gasteiger partial charge in [0.05, 0.1) is 26.4 Å². The molecule has 0 heterocycles. The van der Waals surface area contributed by atoms with E-state index in [4.69, 9.17) is 36.6 Å². The zero-order valence-electron chi connectivity index (χ0n) is 16.9. The summed E-state index contributed by atoms with van der Waals surface area (Å²) < 4.78 is 64.7. The summed E-state index contributed by atoms with van der Waals surface area (Å²) in [6.07, 6.45) is 0.101. The monoisotopic (exact) mass is 516 g/mol. The smallest absolute Gasteiger partial charge is 0.364 e. The Morgan fingerprint density at radius 2 is 1.13 bits per heavy atom. The van der Waals surface area contributed by atoms with Crippen molar-refractivity contribution < 1.29 is 60.7 Å². The molecule has 0 amide bonds. The second kappa shape index (κ2) is 14.5. The van der Waals surface area contributed by atoms with Crippen LogP contribution in [0.2, 0.25) is 0 Å². The highest BCUT2D eigenvalue weighted by Gasteiger charge is 2.29. The molecule has 0 aromatic heterocycles. The van der Waals surface area contributed by atoms with E-state index < -0.39 is 67.8 Å². The Hall–Kier alpha value is 0.245. The lowest BCUT2D eigenvalue weighted by Gasteiger charge is -2.24. The van der Waals surface area contributed by atoms with Crippen LogP contribution in [0.15, 0.2) is 0 Å². The van der Waals surface area contributed by atoms with Crippen LogP contribution in [0, 0.1) is 11.8 Å². The number of halogens is 1. The first-order chi connectivity index (χ1) is 14.1. The van der Waals surface area contributed by atoms with Crippen LogP contribution >= 0.6 is 23.5 Å². The van der Waals surface area contributed by atoms with Crippen LogP contribution in [0.5, 0.6) is 0 Å². The normalized spacial score (nSPS) is 18.8. The largest absolute Gasteiger partial charge is 0.472 e. The van der Waals surface area contributed by atoms with Gasteiger partial charge in [0.25, 0.3) is 0 Å². The molecule has 0 aromatic rings. The average Bonchev–Trinajstić information content (AvgIpc) is 2.64. The van der Waals surface area contributed by atoms with Crippen molar-refractivity contribution in [3.63, 3.8) is 0 Å². The maximum atomic E-state index is 12.5. The van der Waals surface area contributed by atoms with Gasteiger partial charge in [-0.05, 0) is 25.8 Å². The van der Waals surface area contributed by atoms with Gasteiger partial charge in [-0.15, -0.1) is 4.48 Å². The molecule has 184 valence electrons. The SMILES string of the molecule is [B]NC(C)CC(COP(=O)(O)O)COP(=O)(O)OCC(COP(=O)(O)O)CC(C)NF. The van der Waals surface area contributed by atoms with E-state index in [-0.39, 0.29) is 18.9 Å². The van der Waals surface area contributed by atoms with Crippen LogP contribution in [-0.4, -0.2) is 71.0 Å². The van der Waals surface area contributed by atoms with Crippen molar-refractivity contribution >= 4 is 31.4 Å². The summed E-state index contributed by atoms with van der Waals surface area (Å²) in [6, 6.07) is -1.12. The Balaban J connectivity index is 4.88. The first kappa shape index (κ1) is 31.2. The van der Waals surface area contributed by atoms with Gasteiger partial charge in [0, 0.05) is 17.9 Å². The molecule has 7 N–H and O–H groups in total. The summed E-state index contributed by atoms with van der Waals surface area (Å²) in [4.78, 5) is 45.0. The molecule has 19 heteroatoms. The van der Waals surface area contributed by atoms with E-state index in [2.05, 4.69) is 14.3 Å². The van der Waals surface area contributed by atoms with Crippen molar-refractivity contribution in [2.75, 3.05) is 26.4 Å². The highest BCUT2D eigenvalue weighted by Crippen LogP contribution is 2.45. The number of rotatable bonds is 18. The molecule has 5 atom stereocenters. The van der Waals surface area contributed by atoms with Gasteiger partial charge in [0.2, 0.25) is 0 Å². The minimum absolute atomic E-state index is 0.0606. The third kappa shape index (κ3) is 18.4. The summed E-state index contributed by atoms with van der Waals surface area (Å²) in [7, 11) is -9.05. The minimum atomic E-state index is -4.83. The Labute approximate surface area is 180 Å². The lowest BCUT2D eigenvalue weighted by molar-refractivity contribution is 0.0744. The lowest BCUT2D eigenvalue weighted by atomic mass is 10.0. The van der Waals surface area contributed by atoms with Crippen LogP contribution in [0.3, 0.4) is 0 Å². The molecule has 0 spiro atoms. The molecular formula is C12H29BFN2O12P3. The van der Waals surface area contributed by atoms with E-state index in [9.17, 15) is 23.1 Å². The van der Waals surface area contributed by atoms with Crippen molar-refractivity contribution in [3.05, 3.63) is 0 Å². The van der Waals surface area contributed by atoms with Crippen LogP contribution in [0.4, 0.5) is 4.48 Å². The molecule has 0 bridgehead atoms. The molecular weight excluding hydrogens is 487 g/mol. The number of hydrogen-bond donors (Lipinski definition) is 7. The molecule has 0 aromatic carbocycles. The molecule has 2 radical (unpaired) electrons. The highest BCUT2D eigenvalue weighted by atomic mass is 31.2. The third-order valence-corrected chi connectivity index (χ3v) is 5.67. The van der Waals surface area contributed by atoms with Crippen molar-refractivity contribution in [1.82, 2.24) is 10.8 Å². The maximum Gasteiger partial charge on any atom is 0.472 e. The highest BCUT2D eigenvalue weighted by molar-refractivity contribution is 7.47. The quantitative estimate of drug-likeness (QED) is 0.0741. The Morgan fingerprint density at radius 3 is 1.45 bits per heavy atom. The van der Waals surface area contributed by atoms with Gasteiger partial charge < -0.3 is 29.7 Å². The molecule has 0 rings (SSSR count). The number of phosphoric acid groups is 3. The molecule has 0 aliphatic heterocycles. The maximum absolute atomic E-state index is 12.5. The predicted molar refractivity (Wildman–Crippen MR) is 106 cm³/mol. The fourth-order valence-electron chi connectivity index (χ4n) is 2.32. The molecule has 14 nitrogen and oxygen atoms in total. The second-order valence-electron chi connectivity index (χ2n) is 6.91. The number of hydrogen-bond acceptors (Lipinski definition) is 9.